The van der Waals surface area contributed by atoms with E-state index in [9.17, 15) is 9.18 Å². The molecule has 1 aliphatic rings. The first-order valence-electron chi connectivity index (χ1n) is 10.4. The summed E-state index contributed by atoms with van der Waals surface area (Å²) >= 11 is 0. The van der Waals surface area contributed by atoms with Crippen LogP contribution in [0.2, 0.25) is 0 Å². The maximum atomic E-state index is 13.1. The standard InChI is InChI=1S/C26H22FNO5/c1-3-31-24-15-18(6-13-23(24)32-16-17-4-9-20(27)10-5-17)14-22-26(29)33-25(28-22)19-7-11-21(30-2)12-8-19/h4-15H,3,16H2,1-2H3/b22-14+. The van der Waals surface area contributed by atoms with Crippen molar-refractivity contribution in [3.63, 3.8) is 0 Å². The van der Waals surface area contributed by atoms with Crippen molar-refractivity contribution in [2.45, 2.75) is 13.5 Å². The quantitative estimate of drug-likeness (QED) is 0.353. The largest absolute Gasteiger partial charge is 0.497 e. The molecule has 0 saturated carbocycles. The van der Waals surface area contributed by atoms with E-state index in [0.29, 0.717) is 35.0 Å². The Kier molecular flexibility index (Phi) is 6.69. The van der Waals surface area contributed by atoms with Crippen molar-refractivity contribution in [2.24, 2.45) is 4.99 Å². The highest BCUT2D eigenvalue weighted by molar-refractivity contribution is 6.12. The molecule has 0 radical (unpaired) electrons. The van der Waals surface area contributed by atoms with Gasteiger partial charge in [-0.2, -0.15) is 0 Å². The lowest BCUT2D eigenvalue weighted by molar-refractivity contribution is -0.129. The number of cyclic esters (lactones) is 1. The van der Waals surface area contributed by atoms with Gasteiger partial charge in [0.15, 0.2) is 17.2 Å². The molecule has 168 valence electrons. The van der Waals surface area contributed by atoms with E-state index < -0.39 is 5.97 Å². The van der Waals surface area contributed by atoms with Gasteiger partial charge in [0.2, 0.25) is 5.90 Å². The van der Waals surface area contributed by atoms with Crippen molar-refractivity contribution in [3.8, 4) is 17.2 Å². The fraction of sp³-hybridized carbons (Fsp3) is 0.154. The minimum absolute atomic E-state index is 0.184. The number of hydrogen-bond acceptors (Lipinski definition) is 6. The number of ether oxygens (including phenoxy) is 4. The number of aliphatic imine (C=N–C) groups is 1. The Balaban J connectivity index is 1.54. The predicted octanol–water partition coefficient (Wildman–Crippen LogP) is 5.16. The number of esters is 1. The minimum atomic E-state index is -0.532. The summed E-state index contributed by atoms with van der Waals surface area (Å²) in [5.41, 5.74) is 2.40. The zero-order chi connectivity index (χ0) is 23.2. The number of halogens is 1. The Bertz CT molecular complexity index is 1200. The third kappa shape index (κ3) is 5.38. The summed E-state index contributed by atoms with van der Waals surface area (Å²) in [6.45, 7) is 2.58. The topological polar surface area (TPSA) is 66.3 Å². The summed E-state index contributed by atoms with van der Waals surface area (Å²) in [4.78, 5) is 16.7. The molecule has 0 saturated heterocycles. The van der Waals surface area contributed by atoms with Gasteiger partial charge in [0.05, 0.1) is 13.7 Å². The van der Waals surface area contributed by atoms with Gasteiger partial charge in [-0.1, -0.05) is 18.2 Å². The van der Waals surface area contributed by atoms with Crippen LogP contribution in [-0.2, 0) is 16.1 Å². The Morgan fingerprint density at radius 1 is 0.970 bits per heavy atom. The van der Waals surface area contributed by atoms with Crippen LogP contribution < -0.4 is 14.2 Å². The first kappa shape index (κ1) is 22.1. The van der Waals surface area contributed by atoms with Crippen molar-refractivity contribution >= 4 is 17.9 Å². The summed E-state index contributed by atoms with van der Waals surface area (Å²) in [5.74, 6) is 1.17. The van der Waals surface area contributed by atoms with Gasteiger partial charge < -0.3 is 18.9 Å². The number of carbonyl (C=O) groups excluding carboxylic acids is 1. The van der Waals surface area contributed by atoms with Gasteiger partial charge in [-0.25, -0.2) is 14.2 Å². The van der Waals surface area contributed by atoms with Crippen LogP contribution in [0.4, 0.5) is 4.39 Å². The van der Waals surface area contributed by atoms with Gasteiger partial charge in [-0.05, 0) is 72.7 Å². The molecule has 1 heterocycles. The van der Waals surface area contributed by atoms with Crippen molar-refractivity contribution in [1.29, 1.82) is 0 Å². The minimum Gasteiger partial charge on any atom is -0.497 e. The van der Waals surface area contributed by atoms with E-state index in [1.807, 2.05) is 6.92 Å². The molecule has 0 atom stereocenters. The van der Waals surface area contributed by atoms with E-state index in [4.69, 9.17) is 18.9 Å². The number of methoxy groups -OCH3 is 1. The molecule has 0 bridgehead atoms. The van der Waals surface area contributed by atoms with Gasteiger partial charge >= 0.3 is 5.97 Å². The van der Waals surface area contributed by atoms with E-state index in [0.717, 1.165) is 5.56 Å². The zero-order valence-corrected chi connectivity index (χ0v) is 18.2. The molecule has 0 fully saturated rings. The second-order valence-electron chi connectivity index (χ2n) is 7.12. The molecule has 0 spiro atoms. The molecule has 3 aromatic rings. The number of nitrogens with zero attached hydrogens (tertiary/aromatic N) is 1. The highest BCUT2D eigenvalue weighted by atomic mass is 19.1. The smallest absolute Gasteiger partial charge is 0.363 e. The third-order valence-electron chi connectivity index (χ3n) is 4.84. The summed E-state index contributed by atoms with van der Waals surface area (Å²) in [7, 11) is 1.58. The lowest BCUT2D eigenvalue weighted by Crippen LogP contribution is -2.05. The fourth-order valence-electron chi connectivity index (χ4n) is 3.17. The second kappa shape index (κ2) is 9.99. The molecule has 33 heavy (non-hydrogen) atoms. The molecular weight excluding hydrogens is 425 g/mol. The normalized spacial score (nSPS) is 14.1. The molecule has 3 aromatic carbocycles. The molecule has 1 aliphatic heterocycles. The van der Waals surface area contributed by atoms with Gasteiger partial charge in [-0.3, -0.25) is 0 Å². The van der Waals surface area contributed by atoms with Gasteiger partial charge in [0.1, 0.15) is 18.2 Å². The number of rotatable bonds is 8. The number of hydrogen-bond donors (Lipinski definition) is 0. The maximum Gasteiger partial charge on any atom is 0.363 e. The average Bonchev–Trinajstić information content (AvgIpc) is 3.20. The average molecular weight is 447 g/mol. The molecule has 0 aromatic heterocycles. The predicted molar refractivity (Wildman–Crippen MR) is 122 cm³/mol. The first-order chi connectivity index (χ1) is 16.1. The van der Waals surface area contributed by atoms with Gasteiger partial charge in [0.25, 0.3) is 0 Å². The number of carbonyl (C=O) groups is 1. The van der Waals surface area contributed by atoms with Crippen molar-refractivity contribution < 1.29 is 28.1 Å². The Morgan fingerprint density at radius 2 is 1.73 bits per heavy atom. The second-order valence-corrected chi connectivity index (χ2v) is 7.12. The van der Waals surface area contributed by atoms with Crippen LogP contribution in [0.15, 0.2) is 77.4 Å². The summed E-state index contributed by atoms with van der Waals surface area (Å²) in [6.07, 6.45) is 1.63. The van der Waals surface area contributed by atoms with Crippen molar-refractivity contribution in [3.05, 3.63) is 94.9 Å². The first-order valence-corrected chi connectivity index (χ1v) is 10.4. The molecule has 4 rings (SSSR count). The lowest BCUT2D eigenvalue weighted by Gasteiger charge is -2.13. The lowest BCUT2D eigenvalue weighted by atomic mass is 10.1. The van der Waals surface area contributed by atoms with Crippen molar-refractivity contribution in [1.82, 2.24) is 0 Å². The molecule has 6 nitrogen and oxygen atoms in total. The van der Waals surface area contributed by atoms with Gasteiger partial charge in [-0.15, -0.1) is 0 Å². The molecule has 0 amide bonds. The van der Waals surface area contributed by atoms with Crippen molar-refractivity contribution in [2.75, 3.05) is 13.7 Å². The summed E-state index contributed by atoms with van der Waals surface area (Å²) < 4.78 is 35.1. The van der Waals surface area contributed by atoms with Crippen LogP contribution in [-0.4, -0.2) is 25.6 Å². The van der Waals surface area contributed by atoms with Gasteiger partial charge in [0, 0.05) is 5.56 Å². The highest BCUT2D eigenvalue weighted by Crippen LogP contribution is 2.31. The maximum absolute atomic E-state index is 13.1. The molecular formula is C26H22FNO5. The van der Waals surface area contributed by atoms with Crippen LogP contribution in [0.5, 0.6) is 17.2 Å². The molecule has 0 aliphatic carbocycles. The van der Waals surface area contributed by atoms with Crippen LogP contribution in [0.25, 0.3) is 6.08 Å². The molecule has 0 N–H and O–H groups in total. The van der Waals surface area contributed by atoms with E-state index in [1.54, 1.807) is 67.8 Å². The van der Waals surface area contributed by atoms with E-state index in [2.05, 4.69) is 4.99 Å². The molecule has 0 unspecified atom stereocenters. The third-order valence-corrected chi connectivity index (χ3v) is 4.84. The zero-order valence-electron chi connectivity index (χ0n) is 18.2. The fourth-order valence-corrected chi connectivity index (χ4v) is 3.17. The summed E-state index contributed by atoms with van der Waals surface area (Å²) in [5, 5.41) is 0. The SMILES string of the molecule is CCOc1cc(/C=C2/N=C(c3ccc(OC)cc3)OC2=O)ccc1OCc1ccc(F)cc1. The van der Waals surface area contributed by atoms with Crippen LogP contribution >= 0.6 is 0 Å². The van der Waals surface area contributed by atoms with Crippen LogP contribution in [0, 0.1) is 5.82 Å². The van der Waals surface area contributed by atoms with Crippen LogP contribution in [0.3, 0.4) is 0 Å². The van der Waals surface area contributed by atoms with Crippen LogP contribution in [0.1, 0.15) is 23.6 Å². The Labute approximate surface area is 190 Å². The van der Waals surface area contributed by atoms with E-state index in [-0.39, 0.29) is 24.0 Å². The van der Waals surface area contributed by atoms with E-state index in [1.165, 1.54) is 12.1 Å². The Hall–Kier alpha value is -4.13. The van der Waals surface area contributed by atoms with E-state index >= 15 is 0 Å². The monoisotopic (exact) mass is 447 g/mol. The summed E-state index contributed by atoms with van der Waals surface area (Å²) in [6, 6.07) is 18.5. The highest BCUT2D eigenvalue weighted by Gasteiger charge is 2.24. The molecule has 7 heteroatoms. The Morgan fingerprint density at radius 3 is 2.42 bits per heavy atom. The number of benzene rings is 3.